The van der Waals surface area contributed by atoms with Crippen molar-refractivity contribution in [1.82, 2.24) is 4.98 Å². The van der Waals surface area contributed by atoms with E-state index in [1.807, 2.05) is 6.07 Å². The molecular weight excluding hydrogens is 234 g/mol. The molecule has 1 heterocycles. The molecule has 0 spiro atoms. The fourth-order valence-electron chi connectivity index (χ4n) is 1.84. The van der Waals surface area contributed by atoms with Crippen LogP contribution in [0.1, 0.15) is 32.3 Å². The molecule has 0 aliphatic heterocycles. The van der Waals surface area contributed by atoms with Gasteiger partial charge in [-0.3, -0.25) is 0 Å². The van der Waals surface area contributed by atoms with Gasteiger partial charge in [0, 0.05) is 12.6 Å². The second-order valence-electron chi connectivity index (χ2n) is 4.84. The first-order chi connectivity index (χ1) is 8.10. The van der Waals surface area contributed by atoms with E-state index in [0.717, 1.165) is 18.3 Å². The van der Waals surface area contributed by atoms with E-state index in [0.29, 0.717) is 16.8 Å². The first kappa shape index (κ1) is 12.2. The van der Waals surface area contributed by atoms with Crippen LogP contribution in [0.25, 0.3) is 0 Å². The maximum absolute atomic E-state index is 8.95. The zero-order chi connectivity index (χ0) is 12.4. The highest BCUT2D eigenvalue weighted by Crippen LogP contribution is 2.32. The van der Waals surface area contributed by atoms with Crippen molar-refractivity contribution in [2.45, 2.75) is 32.7 Å². The summed E-state index contributed by atoms with van der Waals surface area (Å²) >= 11 is 5.94. The molecule has 0 saturated heterocycles. The van der Waals surface area contributed by atoms with Crippen molar-refractivity contribution in [3.05, 3.63) is 22.8 Å². The number of hydrogen-bond donors (Lipinski definition) is 0. The molecular formula is C13H16ClN3. The SMILES string of the molecule is CC(C)N(CC1CC1)c1cc(C#N)cc(Cl)n1. The van der Waals surface area contributed by atoms with Crippen LogP contribution < -0.4 is 4.90 Å². The Morgan fingerprint density at radius 2 is 2.24 bits per heavy atom. The third-order valence-corrected chi connectivity index (χ3v) is 3.17. The Hall–Kier alpha value is -1.27. The van der Waals surface area contributed by atoms with Crippen LogP contribution in [0, 0.1) is 17.2 Å². The van der Waals surface area contributed by atoms with Crippen LogP contribution in [0.4, 0.5) is 5.82 Å². The summed E-state index contributed by atoms with van der Waals surface area (Å²) in [7, 11) is 0. The lowest BCUT2D eigenvalue weighted by atomic mass is 10.2. The van der Waals surface area contributed by atoms with Gasteiger partial charge < -0.3 is 4.90 Å². The van der Waals surface area contributed by atoms with Crippen molar-refractivity contribution in [3.63, 3.8) is 0 Å². The van der Waals surface area contributed by atoms with E-state index in [4.69, 9.17) is 16.9 Å². The van der Waals surface area contributed by atoms with Crippen molar-refractivity contribution >= 4 is 17.4 Å². The molecule has 4 heteroatoms. The van der Waals surface area contributed by atoms with Crippen LogP contribution in [0.3, 0.4) is 0 Å². The lowest BCUT2D eigenvalue weighted by Crippen LogP contribution is -2.33. The number of rotatable bonds is 4. The van der Waals surface area contributed by atoms with Gasteiger partial charge in [-0.05, 0) is 44.7 Å². The number of hydrogen-bond acceptors (Lipinski definition) is 3. The fourth-order valence-corrected chi connectivity index (χ4v) is 2.05. The van der Waals surface area contributed by atoms with Gasteiger partial charge in [0.25, 0.3) is 0 Å². The van der Waals surface area contributed by atoms with E-state index < -0.39 is 0 Å². The number of nitriles is 1. The molecule has 0 amide bonds. The molecule has 0 unspecified atom stereocenters. The third kappa shape index (κ3) is 3.10. The molecule has 1 aromatic heterocycles. The molecule has 2 rings (SSSR count). The first-order valence-electron chi connectivity index (χ1n) is 5.94. The third-order valence-electron chi connectivity index (χ3n) is 2.98. The molecule has 0 N–H and O–H groups in total. The van der Waals surface area contributed by atoms with Crippen molar-refractivity contribution in [2.75, 3.05) is 11.4 Å². The smallest absolute Gasteiger partial charge is 0.132 e. The van der Waals surface area contributed by atoms with Crippen LogP contribution in [-0.2, 0) is 0 Å². The quantitative estimate of drug-likeness (QED) is 0.769. The summed E-state index contributed by atoms with van der Waals surface area (Å²) < 4.78 is 0. The lowest BCUT2D eigenvalue weighted by molar-refractivity contribution is 0.637. The van der Waals surface area contributed by atoms with Gasteiger partial charge in [0.05, 0.1) is 11.6 Å². The Labute approximate surface area is 107 Å². The fraction of sp³-hybridized carbons (Fsp3) is 0.538. The summed E-state index contributed by atoms with van der Waals surface area (Å²) in [6, 6.07) is 5.90. The lowest BCUT2D eigenvalue weighted by Gasteiger charge is -2.28. The zero-order valence-corrected chi connectivity index (χ0v) is 10.9. The Morgan fingerprint density at radius 1 is 1.53 bits per heavy atom. The first-order valence-corrected chi connectivity index (χ1v) is 6.32. The van der Waals surface area contributed by atoms with E-state index >= 15 is 0 Å². The van der Waals surface area contributed by atoms with Gasteiger partial charge in [0.15, 0.2) is 0 Å². The number of pyridine rings is 1. The molecule has 1 saturated carbocycles. The minimum Gasteiger partial charge on any atom is -0.354 e. The number of aromatic nitrogens is 1. The average Bonchev–Trinajstić information content (AvgIpc) is 3.08. The van der Waals surface area contributed by atoms with Gasteiger partial charge in [-0.2, -0.15) is 5.26 Å². The minimum absolute atomic E-state index is 0.369. The number of nitrogens with zero attached hydrogens (tertiary/aromatic N) is 3. The second-order valence-corrected chi connectivity index (χ2v) is 5.23. The Balaban J connectivity index is 2.27. The maximum Gasteiger partial charge on any atom is 0.132 e. The van der Waals surface area contributed by atoms with Gasteiger partial charge in [0.1, 0.15) is 11.0 Å². The molecule has 1 aliphatic rings. The zero-order valence-electron chi connectivity index (χ0n) is 10.2. The Morgan fingerprint density at radius 3 is 2.76 bits per heavy atom. The second kappa shape index (κ2) is 4.93. The molecule has 3 nitrogen and oxygen atoms in total. The average molecular weight is 250 g/mol. The molecule has 0 bridgehead atoms. The van der Waals surface area contributed by atoms with Gasteiger partial charge in [0.2, 0.25) is 0 Å². The Kier molecular flexibility index (Phi) is 3.54. The van der Waals surface area contributed by atoms with Crippen LogP contribution in [0.15, 0.2) is 12.1 Å². The summed E-state index contributed by atoms with van der Waals surface area (Å²) in [6.07, 6.45) is 2.60. The van der Waals surface area contributed by atoms with Crippen molar-refractivity contribution in [1.29, 1.82) is 5.26 Å². The topological polar surface area (TPSA) is 39.9 Å². The predicted molar refractivity (Wildman–Crippen MR) is 69.2 cm³/mol. The highest BCUT2D eigenvalue weighted by molar-refractivity contribution is 6.29. The summed E-state index contributed by atoms with van der Waals surface area (Å²) in [5.41, 5.74) is 0.571. The van der Waals surface area contributed by atoms with E-state index in [9.17, 15) is 0 Å². The minimum atomic E-state index is 0.369. The molecule has 0 atom stereocenters. The van der Waals surface area contributed by atoms with Gasteiger partial charge in [-0.1, -0.05) is 11.6 Å². The molecule has 0 radical (unpaired) electrons. The molecule has 90 valence electrons. The van der Waals surface area contributed by atoms with E-state index in [1.165, 1.54) is 12.8 Å². The normalized spacial score (nSPS) is 14.8. The molecule has 1 aliphatic carbocycles. The van der Waals surface area contributed by atoms with Crippen LogP contribution in [0.2, 0.25) is 5.15 Å². The molecule has 1 aromatic rings. The number of halogens is 1. The Bertz CT molecular complexity index is 446. The van der Waals surface area contributed by atoms with Gasteiger partial charge in [-0.15, -0.1) is 0 Å². The highest BCUT2D eigenvalue weighted by atomic mass is 35.5. The highest BCUT2D eigenvalue weighted by Gasteiger charge is 2.26. The summed E-state index contributed by atoms with van der Waals surface area (Å²) in [4.78, 5) is 6.55. The standard InChI is InChI=1S/C13H16ClN3/c1-9(2)17(8-10-3-4-10)13-6-11(7-15)5-12(14)16-13/h5-6,9-10H,3-4,8H2,1-2H3. The van der Waals surface area contributed by atoms with E-state index in [2.05, 4.69) is 29.8 Å². The van der Waals surface area contributed by atoms with Crippen LogP contribution in [0.5, 0.6) is 0 Å². The predicted octanol–water partition coefficient (Wildman–Crippen LogP) is 3.23. The van der Waals surface area contributed by atoms with E-state index in [1.54, 1.807) is 6.07 Å². The molecule has 1 fully saturated rings. The summed E-state index contributed by atoms with van der Waals surface area (Å²) in [5.74, 6) is 1.60. The van der Waals surface area contributed by atoms with Gasteiger partial charge in [-0.25, -0.2) is 4.98 Å². The maximum atomic E-state index is 8.95. The summed E-state index contributed by atoms with van der Waals surface area (Å²) in [6.45, 7) is 5.28. The van der Waals surface area contributed by atoms with Crippen molar-refractivity contribution in [2.24, 2.45) is 5.92 Å². The van der Waals surface area contributed by atoms with Gasteiger partial charge >= 0.3 is 0 Å². The monoisotopic (exact) mass is 249 g/mol. The number of anilines is 1. The van der Waals surface area contributed by atoms with E-state index in [-0.39, 0.29) is 0 Å². The summed E-state index contributed by atoms with van der Waals surface area (Å²) in [5, 5.41) is 9.34. The molecule has 17 heavy (non-hydrogen) atoms. The van der Waals surface area contributed by atoms with Crippen LogP contribution >= 0.6 is 11.6 Å². The molecule has 0 aromatic carbocycles. The van der Waals surface area contributed by atoms with Crippen LogP contribution in [-0.4, -0.2) is 17.6 Å². The van der Waals surface area contributed by atoms with Crippen molar-refractivity contribution in [3.8, 4) is 6.07 Å². The largest absolute Gasteiger partial charge is 0.354 e. The van der Waals surface area contributed by atoms with Crippen molar-refractivity contribution < 1.29 is 0 Å².